The molecule has 0 atom stereocenters. The van der Waals surface area contributed by atoms with Crippen molar-refractivity contribution < 1.29 is 0 Å². The minimum Gasteiger partial charge on any atom is -0.236 e. The zero-order valence-corrected chi connectivity index (χ0v) is 16.5. The van der Waals surface area contributed by atoms with Crippen molar-refractivity contribution in [1.29, 1.82) is 5.26 Å². The summed E-state index contributed by atoms with van der Waals surface area (Å²) < 4.78 is 0. The Morgan fingerprint density at radius 1 is 0.926 bits per heavy atom. The normalized spacial score (nSPS) is 19.6. The highest BCUT2D eigenvalue weighted by atomic mass is 14.9. The third kappa shape index (κ3) is 5.63. The number of benzene rings is 1. The number of hydrogen-bond donors (Lipinski definition) is 0. The van der Waals surface area contributed by atoms with Gasteiger partial charge in [-0.25, -0.2) is 9.97 Å². The molecule has 142 valence electrons. The molecule has 2 aromatic rings. The molecule has 0 saturated heterocycles. The minimum absolute atomic E-state index is 0.622. The molecule has 0 bridgehead atoms. The molecule has 1 aliphatic rings. The summed E-state index contributed by atoms with van der Waals surface area (Å²) in [6.07, 6.45) is 17.7. The lowest BCUT2D eigenvalue weighted by atomic mass is 9.77. The van der Waals surface area contributed by atoms with Gasteiger partial charge in [0.1, 0.15) is 0 Å². The second kappa shape index (κ2) is 10.2. The highest BCUT2D eigenvalue weighted by molar-refractivity contribution is 5.56. The Labute approximate surface area is 163 Å². The van der Waals surface area contributed by atoms with Crippen LogP contribution in [0.1, 0.15) is 88.2 Å². The lowest BCUT2D eigenvalue weighted by Gasteiger charge is -2.28. The number of nitrogens with zero attached hydrogens (tertiary/aromatic N) is 3. The predicted molar refractivity (Wildman–Crippen MR) is 110 cm³/mol. The van der Waals surface area contributed by atoms with Crippen LogP contribution in [0.2, 0.25) is 0 Å². The lowest BCUT2D eigenvalue weighted by Crippen LogP contribution is -2.14. The van der Waals surface area contributed by atoms with Crippen molar-refractivity contribution in [3.05, 3.63) is 47.8 Å². The van der Waals surface area contributed by atoms with Gasteiger partial charge in [0.15, 0.2) is 5.82 Å². The molecule has 1 aliphatic carbocycles. The zero-order chi connectivity index (χ0) is 18.9. The van der Waals surface area contributed by atoms with Crippen LogP contribution in [-0.4, -0.2) is 9.97 Å². The highest BCUT2D eigenvalue weighted by Crippen LogP contribution is 2.37. The first-order valence-corrected chi connectivity index (χ1v) is 10.6. The average molecular weight is 362 g/mol. The van der Waals surface area contributed by atoms with Crippen LogP contribution in [-0.2, 0) is 0 Å². The van der Waals surface area contributed by atoms with E-state index in [1.807, 2.05) is 36.7 Å². The zero-order valence-electron chi connectivity index (χ0n) is 16.5. The van der Waals surface area contributed by atoms with Crippen molar-refractivity contribution in [2.24, 2.45) is 5.92 Å². The molecule has 3 rings (SSSR count). The third-order valence-corrected chi connectivity index (χ3v) is 5.98. The van der Waals surface area contributed by atoms with E-state index in [-0.39, 0.29) is 0 Å². The molecular weight excluding hydrogens is 330 g/mol. The minimum atomic E-state index is 0.622. The SMILES string of the molecule is CCCCCCCC1CCC(c2cnc(-c3ccc(C#N)cc3)nc2)CC1. The van der Waals surface area contributed by atoms with Crippen LogP contribution in [0.25, 0.3) is 11.4 Å². The Morgan fingerprint density at radius 2 is 1.59 bits per heavy atom. The fourth-order valence-corrected chi connectivity index (χ4v) is 4.21. The number of rotatable bonds is 8. The van der Waals surface area contributed by atoms with Gasteiger partial charge in [-0.15, -0.1) is 0 Å². The van der Waals surface area contributed by atoms with Gasteiger partial charge in [-0.1, -0.05) is 45.4 Å². The third-order valence-electron chi connectivity index (χ3n) is 5.98. The van der Waals surface area contributed by atoms with Gasteiger partial charge < -0.3 is 0 Å². The summed E-state index contributed by atoms with van der Waals surface area (Å²) in [6, 6.07) is 9.61. The molecule has 0 unspecified atom stereocenters. The van der Waals surface area contributed by atoms with E-state index in [1.54, 1.807) is 0 Å². The van der Waals surface area contributed by atoms with Crippen molar-refractivity contribution >= 4 is 0 Å². The summed E-state index contributed by atoms with van der Waals surface area (Å²) in [6.45, 7) is 2.28. The van der Waals surface area contributed by atoms with Gasteiger partial charge in [0.25, 0.3) is 0 Å². The Kier molecular flexibility index (Phi) is 7.39. The molecule has 1 fully saturated rings. The molecule has 27 heavy (non-hydrogen) atoms. The van der Waals surface area contributed by atoms with E-state index in [2.05, 4.69) is 23.0 Å². The van der Waals surface area contributed by atoms with Crippen LogP contribution in [0.15, 0.2) is 36.7 Å². The number of unbranched alkanes of at least 4 members (excludes halogenated alkanes) is 4. The van der Waals surface area contributed by atoms with Gasteiger partial charge in [-0.05, 0) is 67.3 Å². The summed E-state index contributed by atoms with van der Waals surface area (Å²) in [4.78, 5) is 9.17. The van der Waals surface area contributed by atoms with Crippen LogP contribution >= 0.6 is 0 Å². The number of aromatic nitrogens is 2. The summed E-state index contributed by atoms with van der Waals surface area (Å²) in [5, 5.41) is 8.90. The Morgan fingerprint density at radius 3 is 2.22 bits per heavy atom. The van der Waals surface area contributed by atoms with Crippen LogP contribution in [0.5, 0.6) is 0 Å². The van der Waals surface area contributed by atoms with Gasteiger partial charge in [0.05, 0.1) is 11.6 Å². The maximum Gasteiger partial charge on any atom is 0.159 e. The van der Waals surface area contributed by atoms with Crippen molar-refractivity contribution in [3.63, 3.8) is 0 Å². The summed E-state index contributed by atoms with van der Waals surface area (Å²) in [7, 11) is 0. The highest BCUT2D eigenvalue weighted by Gasteiger charge is 2.22. The molecule has 0 spiro atoms. The van der Waals surface area contributed by atoms with E-state index >= 15 is 0 Å². The fourth-order valence-electron chi connectivity index (χ4n) is 4.21. The van der Waals surface area contributed by atoms with Gasteiger partial charge in [-0.3, -0.25) is 0 Å². The van der Waals surface area contributed by atoms with Crippen molar-refractivity contribution in [1.82, 2.24) is 9.97 Å². The average Bonchev–Trinajstić information content (AvgIpc) is 2.74. The molecule has 0 amide bonds. The molecular formula is C24H31N3. The first-order chi connectivity index (χ1) is 13.3. The maximum absolute atomic E-state index is 8.90. The Balaban J connectivity index is 1.48. The molecule has 0 aliphatic heterocycles. The number of hydrogen-bond acceptors (Lipinski definition) is 3. The maximum atomic E-state index is 8.90. The lowest BCUT2D eigenvalue weighted by molar-refractivity contribution is 0.301. The molecule has 0 radical (unpaired) electrons. The summed E-state index contributed by atoms with van der Waals surface area (Å²) in [5.41, 5.74) is 2.92. The summed E-state index contributed by atoms with van der Waals surface area (Å²) in [5.74, 6) is 2.29. The molecule has 1 saturated carbocycles. The van der Waals surface area contributed by atoms with E-state index in [1.165, 1.54) is 69.8 Å². The second-order valence-electron chi connectivity index (χ2n) is 7.95. The van der Waals surface area contributed by atoms with Gasteiger partial charge >= 0.3 is 0 Å². The van der Waals surface area contributed by atoms with Crippen LogP contribution in [0.3, 0.4) is 0 Å². The van der Waals surface area contributed by atoms with E-state index < -0.39 is 0 Å². The first kappa shape index (κ1) is 19.5. The van der Waals surface area contributed by atoms with E-state index in [4.69, 9.17) is 5.26 Å². The quantitative estimate of drug-likeness (QED) is 0.495. The Bertz CT molecular complexity index is 720. The monoisotopic (exact) mass is 361 g/mol. The van der Waals surface area contributed by atoms with Crippen LogP contribution in [0.4, 0.5) is 0 Å². The van der Waals surface area contributed by atoms with Crippen LogP contribution in [0, 0.1) is 17.2 Å². The smallest absolute Gasteiger partial charge is 0.159 e. The molecule has 1 aromatic heterocycles. The standard InChI is InChI=1S/C24H31N3/c1-2-3-4-5-6-7-19-8-12-21(13-9-19)23-17-26-24(27-18-23)22-14-10-20(16-25)11-15-22/h10-11,14-15,17-19,21H,2-9,12-13H2,1H3. The molecule has 1 aromatic carbocycles. The topological polar surface area (TPSA) is 49.6 Å². The van der Waals surface area contributed by atoms with E-state index in [9.17, 15) is 0 Å². The summed E-state index contributed by atoms with van der Waals surface area (Å²) >= 11 is 0. The van der Waals surface area contributed by atoms with E-state index in [0.717, 1.165) is 17.3 Å². The van der Waals surface area contributed by atoms with Gasteiger partial charge in [-0.2, -0.15) is 5.26 Å². The first-order valence-electron chi connectivity index (χ1n) is 10.6. The largest absolute Gasteiger partial charge is 0.236 e. The fraction of sp³-hybridized carbons (Fsp3) is 0.542. The predicted octanol–water partition coefficient (Wildman–Crippen LogP) is 6.65. The second-order valence-corrected chi connectivity index (χ2v) is 7.95. The van der Waals surface area contributed by atoms with E-state index in [0.29, 0.717) is 11.5 Å². The van der Waals surface area contributed by atoms with Crippen molar-refractivity contribution in [2.75, 3.05) is 0 Å². The molecule has 0 N–H and O–H groups in total. The molecule has 3 heteroatoms. The van der Waals surface area contributed by atoms with Crippen molar-refractivity contribution in [3.8, 4) is 17.5 Å². The van der Waals surface area contributed by atoms with Gasteiger partial charge in [0, 0.05) is 18.0 Å². The van der Waals surface area contributed by atoms with Crippen LogP contribution < -0.4 is 0 Å². The van der Waals surface area contributed by atoms with Crippen molar-refractivity contribution in [2.45, 2.75) is 77.0 Å². The molecule has 1 heterocycles. The Hall–Kier alpha value is -2.21. The van der Waals surface area contributed by atoms with Gasteiger partial charge in [0.2, 0.25) is 0 Å². The number of nitriles is 1. The molecule has 3 nitrogen and oxygen atoms in total.